The van der Waals surface area contributed by atoms with Crippen molar-refractivity contribution in [2.45, 2.75) is 32.7 Å². The Kier molecular flexibility index (Phi) is 8.49. The standard InChI is InChI=1S/C16H25N3O.HI/c1-3-9-20-15-6-4-5-14(10-15)12-19-16(17-2)18-11-13-7-8-13;/h4-6,10,13H,3,7-9,11-12H2,1-2H3,(H2,17,18,19);1H. The molecule has 0 saturated heterocycles. The molecule has 1 aliphatic rings. The molecule has 0 amide bonds. The van der Waals surface area contributed by atoms with Crippen molar-refractivity contribution in [3.63, 3.8) is 0 Å². The van der Waals surface area contributed by atoms with Gasteiger partial charge in [-0.2, -0.15) is 0 Å². The molecule has 1 aromatic carbocycles. The normalized spacial score (nSPS) is 14.3. The highest BCUT2D eigenvalue weighted by molar-refractivity contribution is 14.0. The molecule has 4 nitrogen and oxygen atoms in total. The van der Waals surface area contributed by atoms with Gasteiger partial charge in [0.1, 0.15) is 5.75 Å². The zero-order valence-corrected chi connectivity index (χ0v) is 15.2. The minimum Gasteiger partial charge on any atom is -0.494 e. The summed E-state index contributed by atoms with van der Waals surface area (Å²) in [4.78, 5) is 4.24. The third kappa shape index (κ3) is 7.02. The lowest BCUT2D eigenvalue weighted by atomic mass is 10.2. The van der Waals surface area contributed by atoms with Crippen LogP contribution >= 0.6 is 24.0 Å². The van der Waals surface area contributed by atoms with Crippen molar-refractivity contribution in [3.8, 4) is 5.75 Å². The van der Waals surface area contributed by atoms with Crippen LogP contribution in [0.4, 0.5) is 0 Å². The summed E-state index contributed by atoms with van der Waals surface area (Å²) in [5.41, 5.74) is 1.20. The smallest absolute Gasteiger partial charge is 0.191 e. The summed E-state index contributed by atoms with van der Waals surface area (Å²) in [6.07, 6.45) is 3.72. The molecule has 0 heterocycles. The van der Waals surface area contributed by atoms with Crippen molar-refractivity contribution in [1.29, 1.82) is 0 Å². The number of hydrogen-bond donors (Lipinski definition) is 2. The van der Waals surface area contributed by atoms with E-state index in [2.05, 4.69) is 34.7 Å². The second-order valence-electron chi connectivity index (χ2n) is 5.25. The lowest BCUT2D eigenvalue weighted by Crippen LogP contribution is -2.37. The van der Waals surface area contributed by atoms with E-state index in [-0.39, 0.29) is 24.0 Å². The monoisotopic (exact) mass is 403 g/mol. The van der Waals surface area contributed by atoms with Crippen molar-refractivity contribution in [2.75, 3.05) is 20.2 Å². The van der Waals surface area contributed by atoms with Crippen LogP contribution < -0.4 is 15.4 Å². The zero-order chi connectivity index (χ0) is 14.2. The van der Waals surface area contributed by atoms with Crippen molar-refractivity contribution in [3.05, 3.63) is 29.8 Å². The molecular formula is C16H26IN3O. The van der Waals surface area contributed by atoms with Gasteiger partial charge in [0.2, 0.25) is 0 Å². The molecule has 118 valence electrons. The minimum atomic E-state index is 0. The molecule has 0 bridgehead atoms. The summed E-state index contributed by atoms with van der Waals surface area (Å²) in [5, 5.41) is 6.69. The number of rotatable bonds is 7. The second kappa shape index (κ2) is 9.87. The summed E-state index contributed by atoms with van der Waals surface area (Å²) in [6, 6.07) is 8.21. The number of hydrogen-bond acceptors (Lipinski definition) is 2. The molecule has 1 saturated carbocycles. The number of halogens is 1. The highest BCUT2D eigenvalue weighted by atomic mass is 127. The fourth-order valence-electron chi connectivity index (χ4n) is 1.93. The summed E-state index contributed by atoms with van der Waals surface area (Å²) in [6.45, 7) is 4.66. The van der Waals surface area contributed by atoms with Gasteiger partial charge in [0.15, 0.2) is 5.96 Å². The minimum absolute atomic E-state index is 0. The van der Waals surface area contributed by atoms with Crippen LogP contribution in [0.5, 0.6) is 5.75 Å². The van der Waals surface area contributed by atoms with Crippen LogP contribution in [0.3, 0.4) is 0 Å². The van der Waals surface area contributed by atoms with Gasteiger partial charge in [-0.1, -0.05) is 19.1 Å². The third-order valence-electron chi connectivity index (χ3n) is 3.31. The predicted molar refractivity (Wildman–Crippen MR) is 98.6 cm³/mol. The van der Waals surface area contributed by atoms with E-state index in [4.69, 9.17) is 4.74 Å². The van der Waals surface area contributed by atoms with Crippen LogP contribution in [0.2, 0.25) is 0 Å². The van der Waals surface area contributed by atoms with Crippen molar-refractivity contribution in [2.24, 2.45) is 10.9 Å². The summed E-state index contributed by atoms with van der Waals surface area (Å²) in [7, 11) is 1.81. The Morgan fingerprint density at radius 2 is 2.14 bits per heavy atom. The van der Waals surface area contributed by atoms with Gasteiger partial charge in [-0.05, 0) is 42.9 Å². The van der Waals surface area contributed by atoms with Crippen LogP contribution in [0.15, 0.2) is 29.3 Å². The molecule has 0 unspecified atom stereocenters. The van der Waals surface area contributed by atoms with Gasteiger partial charge in [-0.3, -0.25) is 4.99 Å². The first-order valence-electron chi connectivity index (χ1n) is 7.48. The first-order valence-corrected chi connectivity index (χ1v) is 7.48. The van der Waals surface area contributed by atoms with Gasteiger partial charge in [0.05, 0.1) is 6.61 Å². The maximum absolute atomic E-state index is 5.64. The first kappa shape index (κ1) is 18.1. The van der Waals surface area contributed by atoms with Crippen LogP contribution in [0, 0.1) is 5.92 Å². The molecule has 1 aromatic rings. The second-order valence-corrected chi connectivity index (χ2v) is 5.25. The number of benzene rings is 1. The topological polar surface area (TPSA) is 45.6 Å². The zero-order valence-electron chi connectivity index (χ0n) is 12.9. The molecule has 2 rings (SSSR count). The van der Waals surface area contributed by atoms with Crippen LogP contribution in [-0.4, -0.2) is 26.2 Å². The quantitative estimate of drug-likeness (QED) is 0.418. The lowest BCUT2D eigenvalue weighted by Gasteiger charge is -2.12. The van der Waals surface area contributed by atoms with Crippen molar-refractivity contribution >= 4 is 29.9 Å². The van der Waals surface area contributed by atoms with E-state index in [1.165, 1.54) is 18.4 Å². The molecule has 0 aromatic heterocycles. The number of aliphatic imine (C=N–C) groups is 1. The molecule has 2 N–H and O–H groups in total. The maximum atomic E-state index is 5.64. The Morgan fingerprint density at radius 1 is 1.33 bits per heavy atom. The SMILES string of the molecule is CCCOc1cccc(CNC(=NC)NCC2CC2)c1.I. The average Bonchev–Trinajstić information content (AvgIpc) is 3.30. The average molecular weight is 403 g/mol. The molecule has 1 aliphatic carbocycles. The van der Waals surface area contributed by atoms with Crippen LogP contribution in [0.1, 0.15) is 31.7 Å². The summed E-state index contributed by atoms with van der Waals surface area (Å²) in [5.74, 6) is 2.66. The lowest BCUT2D eigenvalue weighted by molar-refractivity contribution is 0.317. The molecule has 5 heteroatoms. The molecule has 21 heavy (non-hydrogen) atoms. The van der Waals surface area contributed by atoms with Crippen LogP contribution in [0.25, 0.3) is 0 Å². The van der Waals surface area contributed by atoms with E-state index in [0.717, 1.165) is 43.7 Å². The van der Waals surface area contributed by atoms with Gasteiger partial charge < -0.3 is 15.4 Å². The summed E-state index contributed by atoms with van der Waals surface area (Å²) < 4.78 is 5.64. The third-order valence-corrected chi connectivity index (χ3v) is 3.31. The number of nitrogens with zero attached hydrogens (tertiary/aromatic N) is 1. The van der Waals surface area contributed by atoms with Crippen molar-refractivity contribution < 1.29 is 4.74 Å². The van der Waals surface area contributed by atoms with E-state index >= 15 is 0 Å². The van der Waals surface area contributed by atoms with E-state index in [9.17, 15) is 0 Å². The van der Waals surface area contributed by atoms with Crippen LogP contribution in [-0.2, 0) is 6.54 Å². The van der Waals surface area contributed by atoms with Gasteiger partial charge in [-0.25, -0.2) is 0 Å². The fraction of sp³-hybridized carbons (Fsp3) is 0.562. The molecule has 1 fully saturated rings. The number of guanidine groups is 1. The highest BCUT2D eigenvalue weighted by Gasteiger charge is 2.20. The van der Waals surface area contributed by atoms with Gasteiger partial charge in [0.25, 0.3) is 0 Å². The Morgan fingerprint density at radius 3 is 2.81 bits per heavy atom. The molecule has 0 spiro atoms. The molecular weight excluding hydrogens is 377 g/mol. The van der Waals surface area contributed by atoms with E-state index in [1.54, 1.807) is 0 Å². The maximum Gasteiger partial charge on any atom is 0.191 e. The highest BCUT2D eigenvalue weighted by Crippen LogP contribution is 2.27. The van der Waals surface area contributed by atoms with Crippen molar-refractivity contribution in [1.82, 2.24) is 10.6 Å². The van der Waals surface area contributed by atoms with Gasteiger partial charge >= 0.3 is 0 Å². The van der Waals surface area contributed by atoms with E-state index in [1.807, 2.05) is 19.2 Å². The number of ether oxygens (including phenoxy) is 1. The summed E-state index contributed by atoms with van der Waals surface area (Å²) >= 11 is 0. The molecule has 0 atom stereocenters. The Hall–Kier alpha value is -0.980. The molecule has 0 aliphatic heterocycles. The Labute approximate surface area is 144 Å². The van der Waals surface area contributed by atoms with E-state index < -0.39 is 0 Å². The fourth-order valence-corrected chi connectivity index (χ4v) is 1.93. The largest absolute Gasteiger partial charge is 0.494 e. The van der Waals surface area contributed by atoms with Gasteiger partial charge in [0, 0.05) is 20.1 Å². The first-order chi connectivity index (χ1) is 9.81. The Balaban J connectivity index is 0.00000220. The number of nitrogens with one attached hydrogen (secondary N) is 2. The Bertz CT molecular complexity index is 447. The van der Waals surface area contributed by atoms with Gasteiger partial charge in [-0.15, -0.1) is 24.0 Å². The molecule has 0 radical (unpaired) electrons. The van der Waals surface area contributed by atoms with E-state index in [0.29, 0.717) is 0 Å². The predicted octanol–water partition coefficient (Wildman–Crippen LogP) is 3.17.